The zero-order valence-electron chi connectivity index (χ0n) is 17.2. The van der Waals surface area contributed by atoms with Crippen LogP contribution in [0.15, 0.2) is 53.7 Å². The van der Waals surface area contributed by atoms with E-state index in [2.05, 4.69) is 36.2 Å². The average Bonchev–Trinajstić information content (AvgIpc) is 3.17. The highest BCUT2D eigenvalue weighted by Gasteiger charge is 2.24. The molecule has 0 N–H and O–H groups in total. The maximum atomic E-state index is 12.8. The molecule has 0 aliphatic carbocycles. The first-order valence-corrected chi connectivity index (χ1v) is 11.6. The van der Waals surface area contributed by atoms with E-state index in [1.54, 1.807) is 0 Å². The molecule has 0 saturated carbocycles. The summed E-state index contributed by atoms with van der Waals surface area (Å²) < 4.78 is 2.02. The first-order chi connectivity index (χ1) is 14.5. The van der Waals surface area contributed by atoms with Crippen molar-refractivity contribution in [2.24, 2.45) is 0 Å². The quantitative estimate of drug-likeness (QED) is 0.499. The molecule has 1 aliphatic heterocycles. The molecule has 1 aromatic heterocycles. The summed E-state index contributed by atoms with van der Waals surface area (Å²) in [6.07, 6.45) is 3.36. The van der Waals surface area contributed by atoms with Gasteiger partial charge in [0.2, 0.25) is 5.91 Å². The first-order valence-electron chi connectivity index (χ1n) is 10.2. The summed E-state index contributed by atoms with van der Waals surface area (Å²) in [6.45, 7) is 5.04. The van der Waals surface area contributed by atoms with Crippen LogP contribution in [0.2, 0.25) is 5.02 Å². The number of thioether (sulfide) groups is 1. The average molecular weight is 441 g/mol. The maximum absolute atomic E-state index is 12.8. The molecule has 0 bridgehead atoms. The maximum Gasteiger partial charge on any atom is 0.233 e. The summed E-state index contributed by atoms with van der Waals surface area (Å²) >= 11 is 7.51. The van der Waals surface area contributed by atoms with Crippen LogP contribution in [0.5, 0.6) is 0 Å². The van der Waals surface area contributed by atoms with Gasteiger partial charge in [-0.2, -0.15) is 0 Å². The van der Waals surface area contributed by atoms with E-state index in [0.29, 0.717) is 22.0 Å². The molecule has 156 valence electrons. The van der Waals surface area contributed by atoms with Gasteiger partial charge in [0.1, 0.15) is 0 Å². The van der Waals surface area contributed by atoms with Crippen LogP contribution < -0.4 is 0 Å². The second kappa shape index (κ2) is 9.23. The van der Waals surface area contributed by atoms with Gasteiger partial charge in [-0.25, -0.2) is 0 Å². The van der Waals surface area contributed by atoms with E-state index < -0.39 is 0 Å². The van der Waals surface area contributed by atoms with Crippen molar-refractivity contribution >= 4 is 29.3 Å². The number of carbonyl (C=O) groups excluding carboxylic acids is 1. The molecule has 1 fully saturated rings. The van der Waals surface area contributed by atoms with Crippen molar-refractivity contribution in [1.29, 1.82) is 0 Å². The number of nitrogens with zero attached hydrogens (tertiary/aromatic N) is 4. The number of carbonyl (C=O) groups is 1. The highest BCUT2D eigenvalue weighted by atomic mass is 35.5. The van der Waals surface area contributed by atoms with Gasteiger partial charge in [0.25, 0.3) is 0 Å². The molecule has 5 nitrogen and oxygen atoms in total. The predicted molar refractivity (Wildman–Crippen MR) is 122 cm³/mol. The van der Waals surface area contributed by atoms with Gasteiger partial charge < -0.3 is 4.90 Å². The Bertz CT molecular complexity index is 1030. The SMILES string of the molecule is Cc1cccc(-n2c(SCC(=O)N3CCCC[C@H]3C)nnc2-c2ccc(Cl)cc2)c1. The van der Waals surface area contributed by atoms with Crippen molar-refractivity contribution in [1.82, 2.24) is 19.7 Å². The van der Waals surface area contributed by atoms with Gasteiger partial charge in [-0.1, -0.05) is 35.5 Å². The Balaban J connectivity index is 1.64. The number of amides is 1. The molecule has 30 heavy (non-hydrogen) atoms. The summed E-state index contributed by atoms with van der Waals surface area (Å²) in [4.78, 5) is 14.8. The van der Waals surface area contributed by atoms with Crippen molar-refractivity contribution in [2.45, 2.75) is 44.3 Å². The largest absolute Gasteiger partial charge is 0.339 e. The molecule has 1 amide bonds. The number of piperidine rings is 1. The van der Waals surface area contributed by atoms with Gasteiger partial charge in [0.05, 0.1) is 5.75 Å². The lowest BCUT2D eigenvalue weighted by Crippen LogP contribution is -2.42. The van der Waals surface area contributed by atoms with Crippen LogP contribution in [-0.4, -0.2) is 43.9 Å². The topological polar surface area (TPSA) is 51.0 Å². The van der Waals surface area contributed by atoms with Gasteiger partial charge in [0.15, 0.2) is 11.0 Å². The lowest BCUT2D eigenvalue weighted by atomic mass is 10.0. The second-order valence-electron chi connectivity index (χ2n) is 7.71. The zero-order valence-corrected chi connectivity index (χ0v) is 18.8. The first kappa shape index (κ1) is 20.9. The van der Waals surface area contributed by atoms with E-state index in [0.717, 1.165) is 42.0 Å². The van der Waals surface area contributed by atoms with E-state index in [9.17, 15) is 4.79 Å². The van der Waals surface area contributed by atoms with E-state index in [4.69, 9.17) is 11.6 Å². The Morgan fingerprint density at radius 1 is 1.17 bits per heavy atom. The van der Waals surface area contributed by atoms with Crippen molar-refractivity contribution in [3.63, 3.8) is 0 Å². The molecule has 7 heteroatoms. The highest BCUT2D eigenvalue weighted by Crippen LogP contribution is 2.29. The van der Waals surface area contributed by atoms with Crippen molar-refractivity contribution < 1.29 is 4.79 Å². The number of benzene rings is 2. The summed E-state index contributed by atoms with van der Waals surface area (Å²) in [7, 11) is 0. The van der Waals surface area contributed by atoms with Crippen molar-refractivity contribution in [3.05, 3.63) is 59.1 Å². The number of aromatic nitrogens is 3. The molecule has 2 aromatic carbocycles. The van der Waals surface area contributed by atoms with Crippen molar-refractivity contribution in [2.75, 3.05) is 12.3 Å². The van der Waals surface area contributed by atoms with Gasteiger partial charge in [-0.3, -0.25) is 9.36 Å². The number of rotatable bonds is 5. The van der Waals surface area contributed by atoms with Gasteiger partial charge >= 0.3 is 0 Å². The molecule has 0 unspecified atom stereocenters. The fraction of sp³-hybridized carbons (Fsp3) is 0.348. The van der Waals surface area contributed by atoms with Crippen LogP contribution in [0.3, 0.4) is 0 Å². The van der Waals surface area contributed by atoms with Crippen LogP contribution in [-0.2, 0) is 4.79 Å². The third-order valence-corrected chi connectivity index (χ3v) is 6.61. The molecule has 1 aliphatic rings. The molecule has 2 heterocycles. The number of halogens is 1. The molecule has 0 spiro atoms. The molecular weight excluding hydrogens is 416 g/mol. The fourth-order valence-corrected chi connectivity index (χ4v) is 4.79. The standard InChI is InChI=1S/C23H25ClN4OS/c1-16-6-5-8-20(14-16)28-22(18-9-11-19(24)12-10-18)25-26-23(28)30-15-21(29)27-13-4-3-7-17(27)2/h5-6,8-12,14,17H,3-4,7,13,15H2,1-2H3/t17-/m1/s1. The summed E-state index contributed by atoms with van der Waals surface area (Å²) in [5.41, 5.74) is 3.06. The van der Waals surface area contributed by atoms with Gasteiger partial charge in [-0.15, -0.1) is 10.2 Å². The Kier molecular flexibility index (Phi) is 6.44. The summed E-state index contributed by atoms with van der Waals surface area (Å²) in [5.74, 6) is 1.26. The Labute approximate surface area is 186 Å². The molecule has 1 saturated heterocycles. The molecule has 1 atom stereocenters. The van der Waals surface area contributed by atoms with Crippen LogP contribution in [0.4, 0.5) is 0 Å². The van der Waals surface area contributed by atoms with Crippen LogP contribution >= 0.6 is 23.4 Å². The monoisotopic (exact) mass is 440 g/mol. The van der Waals surface area contributed by atoms with E-state index in [-0.39, 0.29) is 5.91 Å². The van der Waals surface area contributed by atoms with Gasteiger partial charge in [-0.05, 0) is 75.1 Å². The van der Waals surface area contributed by atoms with Crippen LogP contribution in [0, 0.1) is 6.92 Å². The summed E-state index contributed by atoms with van der Waals surface area (Å²) in [6, 6.07) is 16.1. The molecular formula is C23H25ClN4OS. The Hall–Kier alpha value is -2.31. The minimum atomic E-state index is 0.166. The third kappa shape index (κ3) is 4.55. The molecule has 3 aromatic rings. The minimum absolute atomic E-state index is 0.166. The lowest BCUT2D eigenvalue weighted by molar-refractivity contribution is -0.131. The minimum Gasteiger partial charge on any atom is -0.339 e. The van der Waals surface area contributed by atoms with E-state index >= 15 is 0 Å². The van der Waals surface area contributed by atoms with Crippen molar-refractivity contribution in [3.8, 4) is 17.1 Å². The molecule has 0 radical (unpaired) electrons. The third-order valence-electron chi connectivity index (χ3n) is 5.44. The Morgan fingerprint density at radius 2 is 1.97 bits per heavy atom. The van der Waals surface area contributed by atoms with Crippen LogP contribution in [0.1, 0.15) is 31.7 Å². The predicted octanol–water partition coefficient (Wildman–Crippen LogP) is 5.39. The normalized spacial score (nSPS) is 16.6. The lowest BCUT2D eigenvalue weighted by Gasteiger charge is -2.33. The summed E-state index contributed by atoms with van der Waals surface area (Å²) in [5, 5.41) is 10.3. The van der Waals surface area contributed by atoms with Gasteiger partial charge in [0, 0.05) is 28.9 Å². The number of likely N-dealkylation sites (tertiary alicyclic amines) is 1. The molecule has 4 rings (SSSR count). The Morgan fingerprint density at radius 3 is 2.70 bits per heavy atom. The highest BCUT2D eigenvalue weighted by molar-refractivity contribution is 7.99. The zero-order chi connectivity index (χ0) is 21.1. The second-order valence-corrected chi connectivity index (χ2v) is 9.09. The van der Waals surface area contributed by atoms with E-state index in [1.165, 1.54) is 18.2 Å². The van der Waals surface area contributed by atoms with E-state index in [1.807, 2.05) is 45.9 Å². The number of aryl methyl sites for hydroxylation is 1. The number of hydrogen-bond donors (Lipinski definition) is 0. The number of hydrogen-bond acceptors (Lipinski definition) is 4. The van der Waals surface area contributed by atoms with Crippen LogP contribution in [0.25, 0.3) is 17.1 Å². The fourth-order valence-electron chi connectivity index (χ4n) is 3.83. The smallest absolute Gasteiger partial charge is 0.233 e.